The summed E-state index contributed by atoms with van der Waals surface area (Å²) < 4.78 is 2.18. The monoisotopic (exact) mass is 223 g/mol. The Labute approximate surface area is 100 Å². The summed E-state index contributed by atoms with van der Waals surface area (Å²) in [5.41, 5.74) is 5.37. The summed E-state index contributed by atoms with van der Waals surface area (Å²) >= 11 is 0. The molecule has 1 aliphatic rings. The van der Waals surface area contributed by atoms with Crippen LogP contribution in [0.2, 0.25) is 0 Å². The summed E-state index contributed by atoms with van der Waals surface area (Å²) in [6, 6.07) is 10.5. The molecule has 0 saturated heterocycles. The highest BCUT2D eigenvalue weighted by Gasteiger charge is 2.22. The molecule has 2 heterocycles. The zero-order valence-electron chi connectivity index (χ0n) is 9.91. The van der Waals surface area contributed by atoms with Crippen molar-refractivity contribution in [1.82, 2.24) is 4.57 Å². The summed E-state index contributed by atoms with van der Waals surface area (Å²) in [6.45, 7) is 4.91. The number of aromatic nitrogens is 1. The van der Waals surface area contributed by atoms with E-state index in [1.54, 1.807) is 0 Å². The van der Waals surface area contributed by atoms with Gasteiger partial charge in [0.25, 0.3) is 0 Å². The first-order chi connectivity index (χ1) is 8.22. The van der Waals surface area contributed by atoms with Crippen molar-refractivity contribution in [2.75, 3.05) is 5.32 Å². The van der Waals surface area contributed by atoms with Crippen LogP contribution in [0.4, 0.5) is 11.5 Å². The number of nitrogens with one attached hydrogen (secondary N) is 1. The Bertz CT molecular complexity index is 644. The fourth-order valence-electron chi connectivity index (χ4n) is 2.41. The van der Waals surface area contributed by atoms with Crippen LogP contribution < -0.4 is 5.32 Å². The number of nitrogens with zero attached hydrogens (tertiary/aromatic N) is 2. The fourth-order valence-corrected chi connectivity index (χ4v) is 2.41. The van der Waals surface area contributed by atoms with Crippen LogP contribution in [-0.2, 0) is 6.54 Å². The molecule has 3 heteroatoms. The lowest BCUT2D eigenvalue weighted by atomic mass is 10.1. The molecule has 1 aromatic heterocycles. The zero-order valence-corrected chi connectivity index (χ0v) is 9.91. The third-order valence-corrected chi connectivity index (χ3v) is 3.54. The number of anilines is 2. The Morgan fingerprint density at radius 2 is 2.06 bits per heavy atom. The van der Waals surface area contributed by atoms with Crippen molar-refractivity contribution >= 4 is 11.5 Å². The Kier molecular flexibility index (Phi) is 1.99. The van der Waals surface area contributed by atoms with Gasteiger partial charge in [0.2, 0.25) is 0 Å². The van der Waals surface area contributed by atoms with Gasteiger partial charge in [-0.1, -0.05) is 18.2 Å². The van der Waals surface area contributed by atoms with Crippen LogP contribution in [0, 0.1) is 25.2 Å². The third-order valence-electron chi connectivity index (χ3n) is 3.54. The Morgan fingerprint density at radius 3 is 2.82 bits per heavy atom. The molecule has 3 rings (SSSR count). The number of benzene rings is 1. The van der Waals surface area contributed by atoms with Crippen molar-refractivity contribution in [1.29, 1.82) is 5.26 Å². The second-order valence-electron chi connectivity index (χ2n) is 4.41. The van der Waals surface area contributed by atoms with Gasteiger partial charge in [0.1, 0.15) is 11.9 Å². The van der Waals surface area contributed by atoms with Crippen molar-refractivity contribution < 1.29 is 0 Å². The van der Waals surface area contributed by atoms with E-state index in [2.05, 4.69) is 35.0 Å². The minimum atomic E-state index is 0.761. The summed E-state index contributed by atoms with van der Waals surface area (Å²) in [5.74, 6) is 0.932. The Balaban J connectivity index is 2.22. The molecule has 2 aromatic rings. The van der Waals surface area contributed by atoms with E-state index in [0.29, 0.717) is 0 Å². The molecule has 0 fully saturated rings. The highest BCUT2D eigenvalue weighted by atomic mass is 15.1. The number of hydrogen-bond donors (Lipinski definition) is 1. The molecule has 84 valence electrons. The third kappa shape index (κ3) is 1.27. The molecule has 0 saturated carbocycles. The molecule has 17 heavy (non-hydrogen) atoms. The zero-order chi connectivity index (χ0) is 12.0. The van der Waals surface area contributed by atoms with E-state index in [1.165, 1.54) is 11.3 Å². The first kappa shape index (κ1) is 9.98. The topological polar surface area (TPSA) is 40.8 Å². The number of nitriles is 1. The highest BCUT2D eigenvalue weighted by Crippen LogP contribution is 2.35. The molecule has 0 unspecified atom stereocenters. The second kappa shape index (κ2) is 3.39. The lowest BCUT2D eigenvalue weighted by molar-refractivity contribution is 0.768. The van der Waals surface area contributed by atoms with E-state index in [-0.39, 0.29) is 0 Å². The smallest absolute Gasteiger partial charge is 0.129 e. The van der Waals surface area contributed by atoms with Gasteiger partial charge >= 0.3 is 0 Å². The number of fused-ring (bicyclic) bond motifs is 2. The number of rotatable bonds is 0. The number of para-hydroxylation sites is 1. The van der Waals surface area contributed by atoms with Crippen LogP contribution in [0.1, 0.15) is 22.4 Å². The maximum atomic E-state index is 9.23. The lowest BCUT2D eigenvalue weighted by Gasteiger charge is -2.22. The average molecular weight is 223 g/mol. The maximum absolute atomic E-state index is 9.23. The average Bonchev–Trinajstić information content (AvgIpc) is 2.59. The quantitative estimate of drug-likeness (QED) is 0.636. The first-order valence-corrected chi connectivity index (χ1v) is 5.67. The van der Waals surface area contributed by atoms with Gasteiger partial charge in [0.05, 0.1) is 12.1 Å². The largest absolute Gasteiger partial charge is 0.340 e. The molecule has 0 bridgehead atoms. The fraction of sp³-hybridized carbons (Fsp3) is 0.214. The van der Waals surface area contributed by atoms with Crippen molar-refractivity contribution in [3.63, 3.8) is 0 Å². The Hall–Kier alpha value is -2.21. The predicted molar refractivity (Wildman–Crippen MR) is 67.4 cm³/mol. The highest BCUT2D eigenvalue weighted by molar-refractivity contribution is 5.72. The molecule has 1 aromatic carbocycles. The first-order valence-electron chi connectivity index (χ1n) is 5.67. The van der Waals surface area contributed by atoms with E-state index < -0.39 is 0 Å². The van der Waals surface area contributed by atoms with Crippen LogP contribution in [0.3, 0.4) is 0 Å². The Morgan fingerprint density at radius 1 is 1.29 bits per heavy atom. The van der Waals surface area contributed by atoms with Gasteiger partial charge in [0.15, 0.2) is 0 Å². The minimum Gasteiger partial charge on any atom is -0.340 e. The van der Waals surface area contributed by atoms with Crippen LogP contribution in [0.25, 0.3) is 0 Å². The van der Waals surface area contributed by atoms with E-state index in [1.807, 2.05) is 19.1 Å². The van der Waals surface area contributed by atoms with Crippen molar-refractivity contribution in [3.05, 3.63) is 46.6 Å². The summed E-state index contributed by atoms with van der Waals surface area (Å²) in [5, 5.41) is 12.6. The standard InChI is InChI=1S/C14H13N3/c1-9-10(2)17-8-11-5-3-4-6-13(11)16-14(17)12(9)7-15/h3-6,16H,8H2,1-2H3. The summed E-state index contributed by atoms with van der Waals surface area (Å²) in [4.78, 5) is 0. The molecule has 0 amide bonds. The molecule has 3 nitrogen and oxygen atoms in total. The molecule has 1 aliphatic heterocycles. The van der Waals surface area contributed by atoms with Gasteiger partial charge in [0, 0.05) is 11.4 Å². The normalized spacial score (nSPS) is 12.3. The second-order valence-corrected chi connectivity index (χ2v) is 4.41. The van der Waals surface area contributed by atoms with Crippen molar-refractivity contribution in [3.8, 4) is 6.07 Å². The van der Waals surface area contributed by atoms with Crippen LogP contribution in [0.15, 0.2) is 24.3 Å². The molecule has 1 N–H and O–H groups in total. The van der Waals surface area contributed by atoms with Gasteiger partial charge < -0.3 is 9.88 Å². The van der Waals surface area contributed by atoms with E-state index >= 15 is 0 Å². The van der Waals surface area contributed by atoms with Gasteiger partial charge in [-0.15, -0.1) is 0 Å². The molecule has 0 spiro atoms. The summed E-state index contributed by atoms with van der Waals surface area (Å²) in [7, 11) is 0. The van der Waals surface area contributed by atoms with Gasteiger partial charge in [-0.05, 0) is 31.0 Å². The molecule has 0 aliphatic carbocycles. The van der Waals surface area contributed by atoms with E-state index in [4.69, 9.17) is 0 Å². The molecule has 0 radical (unpaired) electrons. The van der Waals surface area contributed by atoms with Crippen molar-refractivity contribution in [2.45, 2.75) is 20.4 Å². The SMILES string of the molecule is Cc1c(C#N)c2n(c1C)Cc1ccccc1N2. The van der Waals surface area contributed by atoms with Crippen molar-refractivity contribution in [2.24, 2.45) is 0 Å². The molecular weight excluding hydrogens is 210 g/mol. The lowest BCUT2D eigenvalue weighted by Crippen LogP contribution is -2.13. The van der Waals surface area contributed by atoms with Crippen LogP contribution >= 0.6 is 0 Å². The van der Waals surface area contributed by atoms with E-state index in [9.17, 15) is 5.26 Å². The van der Waals surface area contributed by atoms with Crippen LogP contribution in [0.5, 0.6) is 0 Å². The molecular formula is C14H13N3. The summed E-state index contributed by atoms with van der Waals surface area (Å²) in [6.07, 6.45) is 0. The van der Waals surface area contributed by atoms with E-state index in [0.717, 1.165) is 29.2 Å². The minimum absolute atomic E-state index is 0.761. The van der Waals surface area contributed by atoms with Gasteiger partial charge in [-0.2, -0.15) is 5.26 Å². The van der Waals surface area contributed by atoms with Gasteiger partial charge in [-0.3, -0.25) is 0 Å². The van der Waals surface area contributed by atoms with Crippen LogP contribution in [-0.4, -0.2) is 4.57 Å². The maximum Gasteiger partial charge on any atom is 0.129 e. The molecule has 0 atom stereocenters. The number of hydrogen-bond acceptors (Lipinski definition) is 2. The van der Waals surface area contributed by atoms with Gasteiger partial charge in [-0.25, -0.2) is 0 Å². The predicted octanol–water partition coefficient (Wildman–Crippen LogP) is 3.08.